The van der Waals surface area contributed by atoms with Gasteiger partial charge in [0.1, 0.15) is 10.7 Å². The molecule has 1 aromatic heterocycles. The lowest BCUT2D eigenvalue weighted by Gasteiger charge is -2.27. The van der Waals surface area contributed by atoms with Gasteiger partial charge in [-0.2, -0.15) is 0 Å². The quantitative estimate of drug-likeness (QED) is 0.828. The first-order valence-corrected chi connectivity index (χ1v) is 9.45. The van der Waals surface area contributed by atoms with Gasteiger partial charge in [0.15, 0.2) is 0 Å². The monoisotopic (exact) mass is 375 g/mol. The van der Waals surface area contributed by atoms with Gasteiger partial charge in [0.2, 0.25) is 10.0 Å². The van der Waals surface area contributed by atoms with Crippen LogP contribution in [0.2, 0.25) is 0 Å². The van der Waals surface area contributed by atoms with E-state index in [1.807, 2.05) is 6.92 Å². The summed E-state index contributed by atoms with van der Waals surface area (Å²) in [5.74, 6) is 0.393. The van der Waals surface area contributed by atoms with Gasteiger partial charge in [0.05, 0.1) is 0 Å². The highest BCUT2D eigenvalue weighted by atomic mass is 79.9. The van der Waals surface area contributed by atoms with Crippen LogP contribution in [0.5, 0.6) is 0 Å². The van der Waals surface area contributed by atoms with Crippen molar-refractivity contribution < 1.29 is 8.42 Å². The molecule has 1 fully saturated rings. The van der Waals surface area contributed by atoms with E-state index in [9.17, 15) is 8.42 Å². The molecule has 1 saturated carbocycles. The van der Waals surface area contributed by atoms with Gasteiger partial charge in [-0.1, -0.05) is 20.3 Å². The summed E-state index contributed by atoms with van der Waals surface area (Å²) in [6.45, 7) is 6.74. The maximum absolute atomic E-state index is 12.7. The number of anilines is 1. The number of nitrogens with zero attached hydrogens (tertiary/aromatic N) is 1. The Morgan fingerprint density at radius 2 is 2.19 bits per heavy atom. The van der Waals surface area contributed by atoms with Crippen LogP contribution in [0.15, 0.2) is 21.6 Å². The van der Waals surface area contributed by atoms with E-state index in [0.717, 1.165) is 19.3 Å². The van der Waals surface area contributed by atoms with Crippen LogP contribution in [-0.4, -0.2) is 26.0 Å². The van der Waals surface area contributed by atoms with E-state index >= 15 is 0 Å². The standard InChI is InChI=1S/C14H22BrN3O2S/c1-4-16-13-11(8-10(15)9-17-13)21(19,20)18-12-6-5-7-14(12,2)3/h8-9,12,18H,4-7H2,1-3H3,(H,16,17). The largest absolute Gasteiger partial charge is 0.369 e. The van der Waals surface area contributed by atoms with Crippen LogP contribution in [0, 0.1) is 5.41 Å². The molecule has 7 heteroatoms. The van der Waals surface area contributed by atoms with Crippen molar-refractivity contribution in [1.82, 2.24) is 9.71 Å². The van der Waals surface area contributed by atoms with Gasteiger partial charge in [-0.25, -0.2) is 18.1 Å². The maximum atomic E-state index is 12.7. The van der Waals surface area contributed by atoms with Crippen molar-refractivity contribution in [1.29, 1.82) is 0 Å². The summed E-state index contributed by atoms with van der Waals surface area (Å²) < 4.78 is 28.9. The molecule has 1 aliphatic rings. The lowest BCUT2D eigenvalue weighted by atomic mass is 9.88. The molecule has 2 rings (SSSR count). The van der Waals surface area contributed by atoms with Crippen molar-refractivity contribution in [2.75, 3.05) is 11.9 Å². The molecular weight excluding hydrogens is 354 g/mol. The SMILES string of the molecule is CCNc1ncc(Br)cc1S(=O)(=O)NC1CCCC1(C)C. The van der Waals surface area contributed by atoms with Crippen LogP contribution >= 0.6 is 15.9 Å². The summed E-state index contributed by atoms with van der Waals surface area (Å²) in [6.07, 6.45) is 4.56. The molecule has 1 aromatic rings. The molecule has 5 nitrogen and oxygen atoms in total. The smallest absolute Gasteiger partial charge is 0.244 e. The van der Waals surface area contributed by atoms with Crippen molar-refractivity contribution in [2.45, 2.75) is 51.0 Å². The third-order valence-corrected chi connectivity index (χ3v) is 5.93. The van der Waals surface area contributed by atoms with Crippen molar-refractivity contribution in [3.8, 4) is 0 Å². The molecule has 0 aliphatic heterocycles. The topological polar surface area (TPSA) is 71.1 Å². The molecule has 2 N–H and O–H groups in total. The molecule has 0 radical (unpaired) electrons. The maximum Gasteiger partial charge on any atom is 0.244 e. The summed E-state index contributed by atoms with van der Waals surface area (Å²) in [6, 6.07) is 1.56. The van der Waals surface area contributed by atoms with Gasteiger partial charge in [0, 0.05) is 23.3 Å². The Balaban J connectivity index is 2.33. The predicted octanol–water partition coefficient (Wildman–Crippen LogP) is 3.13. The van der Waals surface area contributed by atoms with Crippen LogP contribution in [-0.2, 0) is 10.0 Å². The van der Waals surface area contributed by atoms with Crippen LogP contribution in [0.4, 0.5) is 5.82 Å². The fraction of sp³-hybridized carbons (Fsp3) is 0.643. The second-order valence-electron chi connectivity index (χ2n) is 6.09. The van der Waals surface area contributed by atoms with Gasteiger partial charge in [0.25, 0.3) is 0 Å². The zero-order valence-electron chi connectivity index (χ0n) is 12.6. The third-order valence-electron chi connectivity index (χ3n) is 4.01. The Labute approximate surface area is 135 Å². The highest BCUT2D eigenvalue weighted by molar-refractivity contribution is 9.10. The summed E-state index contributed by atoms with van der Waals surface area (Å²) >= 11 is 3.29. The van der Waals surface area contributed by atoms with Crippen molar-refractivity contribution in [3.05, 3.63) is 16.7 Å². The normalized spacial score (nSPS) is 21.4. The zero-order chi connectivity index (χ0) is 15.7. The second-order valence-corrected chi connectivity index (χ2v) is 8.68. The van der Waals surface area contributed by atoms with Crippen LogP contribution in [0.25, 0.3) is 0 Å². The Hall–Kier alpha value is -0.660. The second kappa shape index (κ2) is 6.22. The first-order valence-electron chi connectivity index (χ1n) is 7.18. The molecule has 0 spiro atoms. The Kier molecular flexibility index (Phi) is 4.95. The average Bonchev–Trinajstić information content (AvgIpc) is 2.70. The van der Waals surface area contributed by atoms with Crippen LogP contribution < -0.4 is 10.0 Å². The van der Waals surface area contributed by atoms with E-state index in [0.29, 0.717) is 16.8 Å². The number of aromatic nitrogens is 1. The van der Waals surface area contributed by atoms with Gasteiger partial charge < -0.3 is 5.32 Å². The Morgan fingerprint density at radius 3 is 2.76 bits per heavy atom. The van der Waals surface area contributed by atoms with E-state index < -0.39 is 10.0 Å². The molecule has 0 saturated heterocycles. The molecular formula is C14H22BrN3O2S. The van der Waals surface area contributed by atoms with Gasteiger partial charge >= 0.3 is 0 Å². The van der Waals surface area contributed by atoms with Gasteiger partial charge in [-0.05, 0) is 47.2 Å². The third kappa shape index (κ3) is 3.76. The molecule has 118 valence electrons. The van der Waals surface area contributed by atoms with E-state index in [2.05, 4.69) is 44.8 Å². The van der Waals surface area contributed by atoms with Crippen LogP contribution in [0.3, 0.4) is 0 Å². The highest BCUT2D eigenvalue weighted by Gasteiger charge is 2.37. The first-order chi connectivity index (χ1) is 9.76. The molecule has 1 unspecified atom stereocenters. The minimum atomic E-state index is -3.60. The molecule has 1 atom stereocenters. The number of pyridine rings is 1. The molecule has 1 aliphatic carbocycles. The summed E-state index contributed by atoms with van der Waals surface area (Å²) in [5, 5.41) is 3.00. The first kappa shape index (κ1) is 16.7. The van der Waals surface area contributed by atoms with Gasteiger partial charge in [-0.15, -0.1) is 0 Å². The van der Waals surface area contributed by atoms with Crippen molar-refractivity contribution in [2.24, 2.45) is 5.41 Å². The zero-order valence-corrected chi connectivity index (χ0v) is 15.0. The van der Waals surface area contributed by atoms with Gasteiger partial charge in [-0.3, -0.25) is 0 Å². The number of hydrogen-bond acceptors (Lipinski definition) is 4. The fourth-order valence-electron chi connectivity index (χ4n) is 2.72. The van der Waals surface area contributed by atoms with Crippen molar-refractivity contribution in [3.63, 3.8) is 0 Å². The van der Waals surface area contributed by atoms with Crippen LogP contribution in [0.1, 0.15) is 40.0 Å². The summed E-state index contributed by atoms with van der Waals surface area (Å²) in [4.78, 5) is 4.36. The predicted molar refractivity (Wildman–Crippen MR) is 87.8 cm³/mol. The summed E-state index contributed by atoms with van der Waals surface area (Å²) in [5.41, 5.74) is -0.00907. The minimum Gasteiger partial charge on any atom is -0.369 e. The fourth-order valence-corrected chi connectivity index (χ4v) is 4.80. The molecule has 0 aromatic carbocycles. The van der Waals surface area contributed by atoms with E-state index in [4.69, 9.17) is 0 Å². The molecule has 1 heterocycles. The highest BCUT2D eigenvalue weighted by Crippen LogP contribution is 2.38. The molecule has 21 heavy (non-hydrogen) atoms. The molecule has 0 bridgehead atoms. The van der Waals surface area contributed by atoms with E-state index in [1.165, 1.54) is 0 Å². The van der Waals surface area contributed by atoms with E-state index in [-0.39, 0.29) is 16.4 Å². The minimum absolute atomic E-state index is 0.00907. The number of halogens is 1. The summed E-state index contributed by atoms with van der Waals surface area (Å²) in [7, 11) is -3.60. The number of sulfonamides is 1. The Bertz CT molecular complexity index is 617. The van der Waals surface area contributed by atoms with E-state index in [1.54, 1.807) is 12.3 Å². The average molecular weight is 376 g/mol. The molecule has 0 amide bonds. The Morgan fingerprint density at radius 1 is 1.48 bits per heavy atom. The number of rotatable bonds is 5. The lowest BCUT2D eigenvalue weighted by Crippen LogP contribution is -2.41. The lowest BCUT2D eigenvalue weighted by molar-refractivity contribution is 0.313. The number of nitrogens with one attached hydrogen (secondary N) is 2. The number of hydrogen-bond donors (Lipinski definition) is 2. The van der Waals surface area contributed by atoms with Crippen molar-refractivity contribution >= 4 is 31.8 Å².